The van der Waals surface area contributed by atoms with E-state index in [0.717, 1.165) is 0 Å². The first-order chi connectivity index (χ1) is 8.96. The molecule has 1 aliphatic heterocycles. The van der Waals surface area contributed by atoms with E-state index in [2.05, 4.69) is 5.32 Å². The molecule has 5 heteroatoms. The average Bonchev–Trinajstić information content (AvgIpc) is 2.56. The first kappa shape index (κ1) is 16.4. The number of carbonyl (C=O) groups is 3. The summed E-state index contributed by atoms with van der Waals surface area (Å²) in [6, 6.07) is 0. The number of rotatable bonds is 5. The molecule has 20 heavy (non-hydrogen) atoms. The van der Waals surface area contributed by atoms with Crippen LogP contribution >= 0.6 is 0 Å². The molecule has 0 aromatic rings. The van der Waals surface area contributed by atoms with Gasteiger partial charge in [-0.25, -0.2) is 0 Å². The predicted molar refractivity (Wildman–Crippen MR) is 76.7 cm³/mol. The molecule has 1 heterocycles. The van der Waals surface area contributed by atoms with Crippen LogP contribution < -0.4 is 5.32 Å². The molecule has 1 aliphatic rings. The molecule has 0 bridgehead atoms. The van der Waals surface area contributed by atoms with Crippen LogP contribution in [-0.4, -0.2) is 33.7 Å². The molecule has 112 valence electrons. The SMILES string of the molecule is CC(C)C(=O)NC(C)(C)CC(C)(C)N1C(=O)C=CC1=O. The third kappa shape index (κ3) is 3.68. The minimum absolute atomic E-state index is 0.0389. The maximum Gasteiger partial charge on any atom is 0.254 e. The van der Waals surface area contributed by atoms with Crippen LogP contribution in [0, 0.1) is 5.92 Å². The van der Waals surface area contributed by atoms with Crippen LogP contribution in [0.1, 0.15) is 48.0 Å². The van der Waals surface area contributed by atoms with Crippen LogP contribution in [0.4, 0.5) is 0 Å². The Labute approximate surface area is 120 Å². The van der Waals surface area contributed by atoms with Crippen molar-refractivity contribution < 1.29 is 14.4 Å². The molecule has 5 nitrogen and oxygen atoms in total. The Bertz CT molecular complexity index is 444. The lowest BCUT2D eigenvalue weighted by Crippen LogP contribution is -2.56. The lowest BCUT2D eigenvalue weighted by molar-refractivity contribution is -0.143. The second kappa shape index (κ2) is 5.38. The van der Waals surface area contributed by atoms with Gasteiger partial charge in [-0.2, -0.15) is 0 Å². The summed E-state index contributed by atoms with van der Waals surface area (Å²) in [5.74, 6) is -0.742. The average molecular weight is 280 g/mol. The standard InChI is InChI=1S/C15H24N2O3/c1-10(2)13(20)16-14(3,4)9-15(5,6)17-11(18)7-8-12(17)19/h7-8,10H,9H2,1-6H3,(H,16,20). The van der Waals surface area contributed by atoms with E-state index in [-0.39, 0.29) is 23.6 Å². The van der Waals surface area contributed by atoms with Crippen molar-refractivity contribution in [1.29, 1.82) is 0 Å². The van der Waals surface area contributed by atoms with E-state index in [0.29, 0.717) is 6.42 Å². The Morgan fingerprint density at radius 2 is 1.60 bits per heavy atom. The van der Waals surface area contributed by atoms with Gasteiger partial charge in [-0.15, -0.1) is 0 Å². The zero-order valence-corrected chi connectivity index (χ0v) is 13.1. The molecule has 0 saturated carbocycles. The van der Waals surface area contributed by atoms with E-state index in [9.17, 15) is 14.4 Å². The van der Waals surface area contributed by atoms with Gasteiger partial charge in [0.2, 0.25) is 5.91 Å². The van der Waals surface area contributed by atoms with E-state index in [1.807, 2.05) is 41.5 Å². The van der Waals surface area contributed by atoms with Gasteiger partial charge >= 0.3 is 0 Å². The number of amides is 3. The Balaban J connectivity index is 2.82. The van der Waals surface area contributed by atoms with Crippen molar-refractivity contribution in [3.05, 3.63) is 12.2 Å². The lowest BCUT2D eigenvalue weighted by Gasteiger charge is -2.40. The van der Waals surface area contributed by atoms with Gasteiger partial charge < -0.3 is 5.32 Å². The monoisotopic (exact) mass is 280 g/mol. The fraction of sp³-hybridized carbons (Fsp3) is 0.667. The van der Waals surface area contributed by atoms with Crippen LogP contribution in [0.3, 0.4) is 0 Å². The van der Waals surface area contributed by atoms with E-state index in [4.69, 9.17) is 0 Å². The molecule has 0 aromatic heterocycles. The maximum atomic E-state index is 11.8. The highest BCUT2D eigenvalue weighted by Crippen LogP contribution is 2.28. The molecule has 0 radical (unpaired) electrons. The molecule has 0 unspecified atom stereocenters. The largest absolute Gasteiger partial charge is 0.351 e. The van der Waals surface area contributed by atoms with Gasteiger partial charge in [0.25, 0.3) is 11.8 Å². The van der Waals surface area contributed by atoms with Crippen molar-refractivity contribution in [2.24, 2.45) is 5.92 Å². The molecule has 0 atom stereocenters. The van der Waals surface area contributed by atoms with Gasteiger partial charge in [-0.05, 0) is 34.1 Å². The molecule has 0 aliphatic carbocycles. The Hall–Kier alpha value is -1.65. The van der Waals surface area contributed by atoms with E-state index < -0.39 is 11.1 Å². The van der Waals surface area contributed by atoms with Crippen molar-refractivity contribution in [3.8, 4) is 0 Å². The highest BCUT2D eigenvalue weighted by atomic mass is 16.2. The lowest BCUT2D eigenvalue weighted by atomic mass is 9.85. The maximum absolute atomic E-state index is 11.8. The summed E-state index contributed by atoms with van der Waals surface area (Å²) < 4.78 is 0. The second-order valence-electron chi connectivity index (χ2n) is 6.86. The highest BCUT2D eigenvalue weighted by Gasteiger charge is 2.41. The van der Waals surface area contributed by atoms with Crippen molar-refractivity contribution in [1.82, 2.24) is 10.2 Å². The van der Waals surface area contributed by atoms with Gasteiger partial charge in [0.05, 0.1) is 0 Å². The Morgan fingerprint density at radius 3 is 2.00 bits per heavy atom. The molecule has 0 fully saturated rings. The molecule has 3 amide bonds. The van der Waals surface area contributed by atoms with Gasteiger partial charge in [0, 0.05) is 29.1 Å². The van der Waals surface area contributed by atoms with Gasteiger partial charge in [0.15, 0.2) is 0 Å². The third-order valence-corrected chi connectivity index (χ3v) is 3.28. The van der Waals surface area contributed by atoms with Crippen molar-refractivity contribution in [2.75, 3.05) is 0 Å². The smallest absolute Gasteiger partial charge is 0.254 e. The summed E-state index contributed by atoms with van der Waals surface area (Å²) in [5, 5.41) is 2.96. The third-order valence-electron chi connectivity index (χ3n) is 3.28. The first-order valence-corrected chi connectivity index (χ1v) is 6.84. The summed E-state index contributed by atoms with van der Waals surface area (Å²) >= 11 is 0. The van der Waals surface area contributed by atoms with Crippen molar-refractivity contribution >= 4 is 17.7 Å². The highest BCUT2D eigenvalue weighted by molar-refractivity contribution is 6.13. The van der Waals surface area contributed by atoms with Crippen molar-refractivity contribution in [2.45, 2.75) is 59.0 Å². The molecular formula is C15H24N2O3. The van der Waals surface area contributed by atoms with E-state index in [1.54, 1.807) is 0 Å². The number of nitrogens with zero attached hydrogens (tertiary/aromatic N) is 1. The van der Waals surface area contributed by atoms with Crippen molar-refractivity contribution in [3.63, 3.8) is 0 Å². The van der Waals surface area contributed by atoms with Crippen LogP contribution in [0.25, 0.3) is 0 Å². The summed E-state index contributed by atoms with van der Waals surface area (Å²) in [5.41, 5.74) is -1.17. The van der Waals surface area contributed by atoms with Crippen LogP contribution in [-0.2, 0) is 14.4 Å². The van der Waals surface area contributed by atoms with E-state index in [1.165, 1.54) is 17.1 Å². The zero-order chi connectivity index (χ0) is 15.7. The fourth-order valence-corrected chi connectivity index (χ4v) is 2.68. The Morgan fingerprint density at radius 1 is 1.15 bits per heavy atom. The fourth-order valence-electron chi connectivity index (χ4n) is 2.68. The van der Waals surface area contributed by atoms with Crippen LogP contribution in [0.5, 0.6) is 0 Å². The van der Waals surface area contributed by atoms with Gasteiger partial charge in [0.1, 0.15) is 0 Å². The van der Waals surface area contributed by atoms with Gasteiger partial charge in [-0.3, -0.25) is 19.3 Å². The van der Waals surface area contributed by atoms with Crippen LogP contribution in [0.15, 0.2) is 12.2 Å². The molecule has 0 saturated heterocycles. The molecule has 1 N–H and O–H groups in total. The molecular weight excluding hydrogens is 256 g/mol. The molecule has 1 rings (SSSR count). The number of imide groups is 1. The van der Waals surface area contributed by atoms with Gasteiger partial charge in [-0.1, -0.05) is 13.8 Å². The topological polar surface area (TPSA) is 66.5 Å². The molecule has 0 spiro atoms. The Kier molecular flexibility index (Phi) is 4.42. The van der Waals surface area contributed by atoms with E-state index >= 15 is 0 Å². The predicted octanol–water partition coefficient (Wildman–Crippen LogP) is 1.63. The first-order valence-electron chi connectivity index (χ1n) is 6.84. The summed E-state index contributed by atoms with van der Waals surface area (Å²) in [7, 11) is 0. The summed E-state index contributed by atoms with van der Waals surface area (Å²) in [6.07, 6.45) is 3.05. The molecule has 0 aromatic carbocycles. The second-order valence-corrected chi connectivity index (χ2v) is 6.86. The minimum atomic E-state index is -0.661. The number of nitrogens with one attached hydrogen (secondary N) is 1. The normalized spacial score (nSPS) is 16.2. The minimum Gasteiger partial charge on any atom is -0.351 e. The van der Waals surface area contributed by atoms with Crippen LogP contribution in [0.2, 0.25) is 0 Å². The zero-order valence-electron chi connectivity index (χ0n) is 13.1. The number of hydrogen-bond donors (Lipinski definition) is 1. The summed E-state index contributed by atoms with van der Waals surface area (Å²) in [4.78, 5) is 36.6. The quantitative estimate of drug-likeness (QED) is 0.778. The number of carbonyl (C=O) groups excluding carboxylic acids is 3. The summed E-state index contributed by atoms with van der Waals surface area (Å²) in [6.45, 7) is 11.1. The number of hydrogen-bond acceptors (Lipinski definition) is 3.